The Morgan fingerprint density at radius 3 is 2.50 bits per heavy atom. The number of carboxylic acid groups (broad SMARTS) is 1. The summed E-state index contributed by atoms with van der Waals surface area (Å²) in [6, 6.07) is 2.07. The third-order valence-electron chi connectivity index (χ3n) is 2.23. The molecule has 1 amide bonds. The van der Waals surface area contributed by atoms with Gasteiger partial charge in [-0.05, 0) is 20.3 Å². The van der Waals surface area contributed by atoms with Crippen molar-refractivity contribution in [1.29, 1.82) is 5.26 Å². The molecular weight excluding hydrogens is 208 g/mol. The van der Waals surface area contributed by atoms with Crippen molar-refractivity contribution in [3.05, 3.63) is 0 Å². The number of carbonyl (C=O) groups is 2. The molecule has 5 heteroatoms. The minimum atomic E-state index is -0.888. The zero-order chi connectivity index (χ0) is 12.6. The van der Waals surface area contributed by atoms with E-state index in [1.54, 1.807) is 11.8 Å². The molecule has 0 spiro atoms. The molecule has 0 bridgehead atoms. The normalized spacial score (nSPS) is 11.6. The smallest absolute Gasteiger partial charge is 0.303 e. The highest BCUT2D eigenvalue weighted by Gasteiger charge is 2.14. The fourth-order valence-electron chi connectivity index (χ4n) is 1.33. The molecule has 0 saturated heterocycles. The number of hydrogen-bond donors (Lipinski definition) is 1. The van der Waals surface area contributed by atoms with Gasteiger partial charge in [0.05, 0.1) is 12.0 Å². The van der Waals surface area contributed by atoms with E-state index in [2.05, 4.69) is 6.07 Å². The Morgan fingerprint density at radius 2 is 2.06 bits per heavy atom. The van der Waals surface area contributed by atoms with Crippen molar-refractivity contribution in [3.63, 3.8) is 0 Å². The molecule has 1 atom stereocenters. The van der Waals surface area contributed by atoms with Gasteiger partial charge in [-0.2, -0.15) is 5.26 Å². The molecule has 0 aliphatic heterocycles. The number of carboxylic acids is 1. The van der Waals surface area contributed by atoms with Gasteiger partial charge in [0.25, 0.3) is 0 Å². The van der Waals surface area contributed by atoms with Crippen LogP contribution in [0.5, 0.6) is 0 Å². The second kappa shape index (κ2) is 7.69. The highest BCUT2D eigenvalue weighted by molar-refractivity contribution is 5.77. The number of nitriles is 1. The summed E-state index contributed by atoms with van der Waals surface area (Å²) in [5.74, 6) is -1.16. The highest BCUT2D eigenvalue weighted by Crippen LogP contribution is 2.04. The van der Waals surface area contributed by atoms with Gasteiger partial charge in [-0.15, -0.1) is 0 Å². The lowest BCUT2D eigenvalue weighted by molar-refractivity contribution is -0.137. The van der Waals surface area contributed by atoms with Crippen LogP contribution < -0.4 is 0 Å². The molecule has 16 heavy (non-hydrogen) atoms. The SMILES string of the molecule is CCN(CC(C)C#N)C(=O)CCCC(=O)O. The maximum absolute atomic E-state index is 11.6. The molecule has 0 aromatic heterocycles. The van der Waals surface area contributed by atoms with E-state index >= 15 is 0 Å². The van der Waals surface area contributed by atoms with Crippen LogP contribution in [0.15, 0.2) is 0 Å². The van der Waals surface area contributed by atoms with E-state index in [0.717, 1.165) is 0 Å². The molecule has 0 heterocycles. The first-order valence-corrected chi connectivity index (χ1v) is 5.40. The molecule has 0 fully saturated rings. The molecule has 0 rings (SSSR count). The summed E-state index contributed by atoms with van der Waals surface area (Å²) in [6.07, 6.45) is 0.598. The second-order valence-corrected chi connectivity index (χ2v) is 3.71. The lowest BCUT2D eigenvalue weighted by atomic mass is 10.1. The standard InChI is InChI=1S/C11H18N2O3/c1-3-13(8-9(2)7-12)10(14)5-4-6-11(15)16/h9H,3-6,8H2,1-2H3,(H,15,16). The van der Waals surface area contributed by atoms with E-state index in [9.17, 15) is 9.59 Å². The molecular formula is C11H18N2O3. The third kappa shape index (κ3) is 6.02. The van der Waals surface area contributed by atoms with Crippen LogP contribution in [-0.4, -0.2) is 35.0 Å². The fourth-order valence-corrected chi connectivity index (χ4v) is 1.33. The molecule has 1 unspecified atom stereocenters. The Hall–Kier alpha value is -1.57. The van der Waals surface area contributed by atoms with Gasteiger partial charge in [0.2, 0.25) is 5.91 Å². The van der Waals surface area contributed by atoms with Gasteiger partial charge in [0.1, 0.15) is 0 Å². The van der Waals surface area contributed by atoms with Crippen molar-refractivity contribution in [3.8, 4) is 6.07 Å². The maximum Gasteiger partial charge on any atom is 0.303 e. The monoisotopic (exact) mass is 226 g/mol. The maximum atomic E-state index is 11.6. The molecule has 0 aliphatic carbocycles. The molecule has 0 saturated carbocycles. The minimum absolute atomic E-state index is 0.0110. The first kappa shape index (κ1) is 14.4. The van der Waals surface area contributed by atoms with E-state index in [4.69, 9.17) is 10.4 Å². The van der Waals surface area contributed by atoms with Gasteiger partial charge in [0.15, 0.2) is 0 Å². The Morgan fingerprint density at radius 1 is 1.44 bits per heavy atom. The van der Waals surface area contributed by atoms with Crippen molar-refractivity contribution in [2.45, 2.75) is 33.1 Å². The quantitative estimate of drug-likeness (QED) is 0.708. The van der Waals surface area contributed by atoms with Crippen molar-refractivity contribution in [2.75, 3.05) is 13.1 Å². The Bertz CT molecular complexity index is 283. The number of carbonyl (C=O) groups excluding carboxylic acids is 1. The second-order valence-electron chi connectivity index (χ2n) is 3.71. The van der Waals surface area contributed by atoms with Crippen LogP contribution in [-0.2, 0) is 9.59 Å². The zero-order valence-corrected chi connectivity index (χ0v) is 9.77. The summed E-state index contributed by atoms with van der Waals surface area (Å²) in [6.45, 7) is 4.57. The number of aliphatic carboxylic acids is 1. The lowest BCUT2D eigenvalue weighted by Gasteiger charge is -2.21. The average molecular weight is 226 g/mol. The van der Waals surface area contributed by atoms with Crippen LogP contribution in [0.3, 0.4) is 0 Å². The van der Waals surface area contributed by atoms with Crippen LogP contribution in [0.4, 0.5) is 0 Å². The van der Waals surface area contributed by atoms with E-state index < -0.39 is 5.97 Å². The number of hydrogen-bond acceptors (Lipinski definition) is 3. The summed E-state index contributed by atoms with van der Waals surface area (Å²) in [4.78, 5) is 23.5. The minimum Gasteiger partial charge on any atom is -0.481 e. The average Bonchev–Trinajstić information content (AvgIpc) is 2.24. The number of nitrogens with zero attached hydrogens (tertiary/aromatic N) is 2. The third-order valence-corrected chi connectivity index (χ3v) is 2.23. The van der Waals surface area contributed by atoms with Crippen molar-refractivity contribution >= 4 is 11.9 Å². The molecule has 5 nitrogen and oxygen atoms in total. The van der Waals surface area contributed by atoms with Crippen LogP contribution in [0.1, 0.15) is 33.1 Å². The van der Waals surface area contributed by atoms with Gasteiger partial charge in [-0.3, -0.25) is 9.59 Å². The first-order valence-electron chi connectivity index (χ1n) is 5.40. The predicted molar refractivity (Wildman–Crippen MR) is 58.5 cm³/mol. The van der Waals surface area contributed by atoms with E-state index in [0.29, 0.717) is 19.5 Å². The largest absolute Gasteiger partial charge is 0.481 e. The van der Waals surface area contributed by atoms with Crippen LogP contribution in [0.25, 0.3) is 0 Å². The summed E-state index contributed by atoms with van der Waals surface area (Å²) >= 11 is 0. The summed E-state index contributed by atoms with van der Waals surface area (Å²) < 4.78 is 0. The van der Waals surface area contributed by atoms with Gasteiger partial charge < -0.3 is 10.0 Å². The molecule has 90 valence electrons. The summed E-state index contributed by atoms with van der Waals surface area (Å²) in [5, 5.41) is 17.1. The molecule has 0 aliphatic rings. The van der Waals surface area contributed by atoms with E-state index in [-0.39, 0.29) is 24.7 Å². The highest BCUT2D eigenvalue weighted by atomic mass is 16.4. The van der Waals surface area contributed by atoms with Crippen molar-refractivity contribution in [1.82, 2.24) is 4.90 Å². The topological polar surface area (TPSA) is 81.4 Å². The van der Waals surface area contributed by atoms with Gasteiger partial charge in [-0.25, -0.2) is 0 Å². The van der Waals surface area contributed by atoms with Crippen LogP contribution in [0, 0.1) is 17.2 Å². The van der Waals surface area contributed by atoms with Crippen molar-refractivity contribution in [2.24, 2.45) is 5.92 Å². The predicted octanol–water partition coefficient (Wildman–Crippen LogP) is 1.25. The van der Waals surface area contributed by atoms with E-state index in [1.165, 1.54) is 0 Å². The Kier molecular flexibility index (Phi) is 6.93. The number of rotatable bonds is 7. The Labute approximate surface area is 95.7 Å². The van der Waals surface area contributed by atoms with Crippen LogP contribution in [0.2, 0.25) is 0 Å². The van der Waals surface area contributed by atoms with Gasteiger partial charge in [0, 0.05) is 25.9 Å². The van der Waals surface area contributed by atoms with Crippen molar-refractivity contribution < 1.29 is 14.7 Å². The Balaban J connectivity index is 4.02. The van der Waals surface area contributed by atoms with Gasteiger partial charge in [-0.1, -0.05) is 0 Å². The van der Waals surface area contributed by atoms with Gasteiger partial charge >= 0.3 is 5.97 Å². The molecule has 0 aromatic carbocycles. The lowest BCUT2D eigenvalue weighted by Crippen LogP contribution is -2.34. The van der Waals surface area contributed by atoms with E-state index in [1.807, 2.05) is 6.92 Å². The number of amides is 1. The fraction of sp³-hybridized carbons (Fsp3) is 0.727. The summed E-state index contributed by atoms with van der Waals surface area (Å²) in [5.41, 5.74) is 0. The molecule has 1 N–H and O–H groups in total. The summed E-state index contributed by atoms with van der Waals surface area (Å²) in [7, 11) is 0. The van der Waals surface area contributed by atoms with Crippen LogP contribution >= 0.6 is 0 Å². The molecule has 0 radical (unpaired) electrons. The zero-order valence-electron chi connectivity index (χ0n) is 9.77. The first-order chi connectivity index (χ1) is 7.51. The molecule has 0 aromatic rings.